The number of aromatic nitrogens is 2. The van der Waals surface area contributed by atoms with E-state index in [9.17, 15) is 0 Å². The van der Waals surface area contributed by atoms with E-state index in [0.29, 0.717) is 6.61 Å². The zero-order valence-corrected chi connectivity index (χ0v) is 12.1. The molecule has 2 aromatic rings. The van der Waals surface area contributed by atoms with Crippen molar-refractivity contribution in [3.05, 3.63) is 48.0 Å². The Morgan fingerprint density at radius 3 is 2.65 bits per heavy atom. The molecular weight excluding hydrogens is 252 g/mol. The van der Waals surface area contributed by atoms with E-state index in [1.807, 2.05) is 32.4 Å². The van der Waals surface area contributed by atoms with Crippen molar-refractivity contribution in [1.82, 2.24) is 20.2 Å². The zero-order valence-electron chi connectivity index (χ0n) is 12.1. The standard InChI is InChI=1S/C15H22N4O/c1-19(2)9-10-20-14-5-3-13(4-6-14)11-16-12-15-17-7-8-18-15/h3-8,16H,9-12H2,1-2H3,(H,17,18). The first-order chi connectivity index (χ1) is 9.74. The number of nitrogens with zero attached hydrogens (tertiary/aromatic N) is 2. The Morgan fingerprint density at radius 2 is 2.00 bits per heavy atom. The van der Waals surface area contributed by atoms with Crippen LogP contribution in [0.3, 0.4) is 0 Å². The van der Waals surface area contributed by atoms with E-state index in [4.69, 9.17) is 4.74 Å². The summed E-state index contributed by atoms with van der Waals surface area (Å²) in [4.78, 5) is 9.34. The molecule has 0 aliphatic carbocycles. The highest BCUT2D eigenvalue weighted by molar-refractivity contribution is 5.27. The van der Waals surface area contributed by atoms with Gasteiger partial charge >= 0.3 is 0 Å². The van der Waals surface area contributed by atoms with Crippen LogP contribution in [0.15, 0.2) is 36.7 Å². The van der Waals surface area contributed by atoms with Crippen molar-refractivity contribution in [2.75, 3.05) is 27.2 Å². The zero-order chi connectivity index (χ0) is 14.2. The van der Waals surface area contributed by atoms with Gasteiger partial charge in [-0.1, -0.05) is 12.1 Å². The van der Waals surface area contributed by atoms with Crippen LogP contribution < -0.4 is 10.1 Å². The summed E-state index contributed by atoms with van der Waals surface area (Å²) in [6, 6.07) is 8.19. The highest BCUT2D eigenvalue weighted by atomic mass is 16.5. The Hall–Kier alpha value is -1.85. The van der Waals surface area contributed by atoms with E-state index in [1.165, 1.54) is 5.56 Å². The molecule has 5 heteroatoms. The minimum Gasteiger partial charge on any atom is -0.492 e. The van der Waals surface area contributed by atoms with Crippen molar-refractivity contribution in [2.24, 2.45) is 0 Å². The number of likely N-dealkylation sites (N-methyl/N-ethyl adjacent to an activating group) is 1. The van der Waals surface area contributed by atoms with Crippen LogP contribution in [0.1, 0.15) is 11.4 Å². The van der Waals surface area contributed by atoms with E-state index < -0.39 is 0 Å². The molecule has 20 heavy (non-hydrogen) atoms. The predicted molar refractivity (Wildman–Crippen MR) is 79.6 cm³/mol. The Kier molecular flexibility index (Phi) is 5.58. The van der Waals surface area contributed by atoms with Gasteiger partial charge in [-0.25, -0.2) is 4.98 Å². The molecule has 0 atom stereocenters. The van der Waals surface area contributed by atoms with Gasteiger partial charge in [0.25, 0.3) is 0 Å². The lowest BCUT2D eigenvalue weighted by molar-refractivity contribution is 0.261. The second-order valence-corrected chi connectivity index (χ2v) is 4.94. The first-order valence-corrected chi connectivity index (χ1v) is 6.79. The summed E-state index contributed by atoms with van der Waals surface area (Å²) in [6.45, 7) is 3.20. The van der Waals surface area contributed by atoms with E-state index in [2.05, 4.69) is 32.3 Å². The van der Waals surface area contributed by atoms with Crippen molar-refractivity contribution in [1.29, 1.82) is 0 Å². The fraction of sp³-hybridized carbons (Fsp3) is 0.400. The first kappa shape index (κ1) is 14.6. The molecule has 2 rings (SSSR count). The fourth-order valence-corrected chi connectivity index (χ4v) is 1.77. The molecule has 0 aliphatic rings. The van der Waals surface area contributed by atoms with Crippen LogP contribution in [0.5, 0.6) is 5.75 Å². The van der Waals surface area contributed by atoms with Crippen LogP contribution in [0.25, 0.3) is 0 Å². The van der Waals surface area contributed by atoms with E-state index in [0.717, 1.165) is 31.2 Å². The van der Waals surface area contributed by atoms with Gasteiger partial charge in [-0.05, 0) is 31.8 Å². The largest absolute Gasteiger partial charge is 0.492 e. The third-order valence-corrected chi connectivity index (χ3v) is 2.91. The highest BCUT2D eigenvalue weighted by Crippen LogP contribution is 2.12. The van der Waals surface area contributed by atoms with Gasteiger partial charge in [0.1, 0.15) is 18.2 Å². The molecule has 0 radical (unpaired) electrons. The van der Waals surface area contributed by atoms with Crippen molar-refractivity contribution in [3.8, 4) is 5.75 Å². The monoisotopic (exact) mass is 274 g/mol. The van der Waals surface area contributed by atoms with Gasteiger partial charge in [0.2, 0.25) is 0 Å². The topological polar surface area (TPSA) is 53.2 Å². The van der Waals surface area contributed by atoms with Gasteiger partial charge in [0.15, 0.2) is 0 Å². The molecular formula is C15H22N4O. The SMILES string of the molecule is CN(C)CCOc1ccc(CNCc2ncc[nH]2)cc1. The first-order valence-electron chi connectivity index (χ1n) is 6.79. The third kappa shape index (κ3) is 5.03. The number of nitrogens with one attached hydrogen (secondary N) is 2. The van der Waals surface area contributed by atoms with Gasteiger partial charge in [-0.15, -0.1) is 0 Å². The summed E-state index contributed by atoms with van der Waals surface area (Å²) in [6.07, 6.45) is 3.59. The normalized spacial score (nSPS) is 10.9. The van der Waals surface area contributed by atoms with Crippen LogP contribution in [0.4, 0.5) is 0 Å². The van der Waals surface area contributed by atoms with Crippen LogP contribution >= 0.6 is 0 Å². The summed E-state index contributed by atoms with van der Waals surface area (Å²) in [5, 5.41) is 3.34. The third-order valence-electron chi connectivity index (χ3n) is 2.91. The summed E-state index contributed by atoms with van der Waals surface area (Å²) in [5.41, 5.74) is 1.23. The molecule has 0 amide bonds. The molecule has 0 saturated carbocycles. The number of aromatic amines is 1. The van der Waals surface area contributed by atoms with Crippen LogP contribution in [-0.2, 0) is 13.1 Å². The molecule has 2 N–H and O–H groups in total. The smallest absolute Gasteiger partial charge is 0.120 e. The average molecular weight is 274 g/mol. The molecule has 0 unspecified atom stereocenters. The molecule has 1 heterocycles. The van der Waals surface area contributed by atoms with Crippen molar-refractivity contribution in [3.63, 3.8) is 0 Å². The molecule has 5 nitrogen and oxygen atoms in total. The minimum absolute atomic E-state index is 0.711. The van der Waals surface area contributed by atoms with Crippen molar-refractivity contribution in [2.45, 2.75) is 13.1 Å². The quantitative estimate of drug-likeness (QED) is 0.768. The summed E-state index contributed by atoms with van der Waals surface area (Å²) in [5.74, 6) is 1.87. The highest BCUT2D eigenvalue weighted by Gasteiger charge is 1.98. The number of H-pyrrole nitrogens is 1. The molecule has 0 bridgehead atoms. The lowest BCUT2D eigenvalue weighted by Crippen LogP contribution is -2.19. The summed E-state index contributed by atoms with van der Waals surface area (Å²) >= 11 is 0. The second-order valence-electron chi connectivity index (χ2n) is 4.94. The Bertz CT molecular complexity index is 479. The minimum atomic E-state index is 0.711. The van der Waals surface area contributed by atoms with Crippen LogP contribution in [0, 0.1) is 0 Å². The van der Waals surface area contributed by atoms with Crippen LogP contribution in [-0.4, -0.2) is 42.1 Å². The molecule has 0 saturated heterocycles. The maximum absolute atomic E-state index is 5.66. The molecule has 0 fully saturated rings. The number of rotatable bonds is 8. The molecule has 0 spiro atoms. The average Bonchev–Trinajstić information content (AvgIpc) is 2.93. The number of ether oxygens (including phenoxy) is 1. The van der Waals surface area contributed by atoms with Crippen molar-refractivity contribution < 1.29 is 4.74 Å². The van der Waals surface area contributed by atoms with Gasteiger partial charge in [-0.2, -0.15) is 0 Å². The number of imidazole rings is 1. The lowest BCUT2D eigenvalue weighted by atomic mass is 10.2. The summed E-state index contributed by atoms with van der Waals surface area (Å²) in [7, 11) is 4.08. The fourth-order valence-electron chi connectivity index (χ4n) is 1.77. The molecule has 0 aliphatic heterocycles. The van der Waals surface area contributed by atoms with E-state index >= 15 is 0 Å². The van der Waals surface area contributed by atoms with Crippen LogP contribution in [0.2, 0.25) is 0 Å². The Balaban J connectivity index is 1.71. The van der Waals surface area contributed by atoms with E-state index in [-0.39, 0.29) is 0 Å². The Morgan fingerprint density at radius 1 is 1.20 bits per heavy atom. The maximum Gasteiger partial charge on any atom is 0.120 e. The van der Waals surface area contributed by atoms with Gasteiger partial charge in [0.05, 0.1) is 6.54 Å². The second kappa shape index (κ2) is 7.67. The predicted octanol–water partition coefficient (Wildman–Crippen LogP) is 1.64. The molecule has 1 aromatic heterocycles. The molecule has 108 valence electrons. The van der Waals surface area contributed by atoms with E-state index in [1.54, 1.807) is 6.20 Å². The van der Waals surface area contributed by atoms with Crippen molar-refractivity contribution >= 4 is 0 Å². The Labute approximate surface area is 120 Å². The number of hydrogen-bond donors (Lipinski definition) is 2. The maximum atomic E-state index is 5.66. The lowest BCUT2D eigenvalue weighted by Gasteiger charge is -2.11. The van der Waals surface area contributed by atoms with Gasteiger partial charge in [-0.3, -0.25) is 0 Å². The van der Waals surface area contributed by atoms with Gasteiger partial charge in [0, 0.05) is 25.5 Å². The summed E-state index contributed by atoms with van der Waals surface area (Å²) < 4.78 is 5.66. The number of benzene rings is 1. The number of hydrogen-bond acceptors (Lipinski definition) is 4. The molecule has 1 aromatic carbocycles. The van der Waals surface area contributed by atoms with Gasteiger partial charge < -0.3 is 19.9 Å².